The van der Waals surface area contributed by atoms with Crippen molar-refractivity contribution in [2.24, 2.45) is 7.05 Å². The van der Waals surface area contributed by atoms with E-state index in [0.29, 0.717) is 29.4 Å². The molecule has 2 aromatic heterocycles. The highest BCUT2D eigenvalue weighted by Crippen LogP contribution is 2.39. The second kappa shape index (κ2) is 7.43. The van der Waals surface area contributed by atoms with Gasteiger partial charge in [0.15, 0.2) is 5.75 Å². The van der Waals surface area contributed by atoms with Gasteiger partial charge in [-0.05, 0) is 61.1 Å². The van der Waals surface area contributed by atoms with Gasteiger partial charge in [0.25, 0.3) is 5.91 Å². The van der Waals surface area contributed by atoms with Gasteiger partial charge in [-0.25, -0.2) is 0 Å². The van der Waals surface area contributed by atoms with Crippen LogP contribution >= 0.6 is 11.6 Å². The van der Waals surface area contributed by atoms with E-state index in [2.05, 4.69) is 10.1 Å². The number of fused-ring (bicyclic) bond motifs is 2. The molecule has 154 valence electrons. The Morgan fingerprint density at radius 3 is 2.87 bits per heavy atom. The van der Waals surface area contributed by atoms with E-state index in [1.54, 1.807) is 4.68 Å². The maximum atomic E-state index is 13.2. The number of benzene rings is 1. The molecule has 0 saturated carbocycles. The SMILES string of the molecule is Cc1c(Cc2ccc(-c3ccn(C)n3)nc2)cc2c(c1Cl)OC[C@H]1CCCN1C2=O. The second-order valence-electron chi connectivity index (χ2n) is 8.06. The molecule has 1 amide bonds. The number of pyridine rings is 1. The zero-order valence-electron chi connectivity index (χ0n) is 17.1. The summed E-state index contributed by atoms with van der Waals surface area (Å²) >= 11 is 6.66. The van der Waals surface area contributed by atoms with Crippen LogP contribution in [0.1, 0.15) is 39.9 Å². The number of rotatable bonds is 3. The number of nitrogens with zero attached hydrogens (tertiary/aromatic N) is 4. The molecule has 1 atom stereocenters. The molecular formula is C23H23ClN4O2. The first-order valence-corrected chi connectivity index (χ1v) is 10.6. The van der Waals surface area contributed by atoms with Gasteiger partial charge in [0.1, 0.15) is 12.3 Å². The summed E-state index contributed by atoms with van der Waals surface area (Å²) in [6.07, 6.45) is 6.41. The number of ether oxygens (including phenoxy) is 1. The highest BCUT2D eigenvalue weighted by molar-refractivity contribution is 6.33. The topological polar surface area (TPSA) is 60.2 Å². The lowest BCUT2D eigenvalue weighted by Gasteiger charge is -2.20. The zero-order valence-corrected chi connectivity index (χ0v) is 17.8. The van der Waals surface area contributed by atoms with Crippen molar-refractivity contribution in [3.05, 3.63) is 63.9 Å². The van der Waals surface area contributed by atoms with Gasteiger partial charge in [0.05, 0.1) is 22.3 Å². The molecule has 4 heterocycles. The van der Waals surface area contributed by atoms with E-state index in [4.69, 9.17) is 16.3 Å². The molecule has 0 radical (unpaired) electrons. The minimum atomic E-state index is 0.0248. The van der Waals surface area contributed by atoms with Gasteiger partial charge in [-0.3, -0.25) is 14.5 Å². The maximum absolute atomic E-state index is 13.2. The summed E-state index contributed by atoms with van der Waals surface area (Å²) < 4.78 is 7.76. The Bertz CT molecular complexity index is 1120. The molecule has 5 rings (SSSR count). The van der Waals surface area contributed by atoms with E-state index in [1.165, 1.54) is 0 Å². The highest BCUT2D eigenvalue weighted by atomic mass is 35.5. The van der Waals surface area contributed by atoms with E-state index < -0.39 is 0 Å². The van der Waals surface area contributed by atoms with Crippen LogP contribution in [-0.4, -0.2) is 44.8 Å². The number of aromatic nitrogens is 3. The lowest BCUT2D eigenvalue weighted by atomic mass is 9.97. The van der Waals surface area contributed by atoms with Gasteiger partial charge >= 0.3 is 0 Å². The van der Waals surface area contributed by atoms with Gasteiger partial charge in [0.2, 0.25) is 0 Å². The lowest BCUT2D eigenvalue weighted by Crippen LogP contribution is -2.36. The maximum Gasteiger partial charge on any atom is 0.258 e. The molecule has 6 nitrogen and oxygen atoms in total. The fourth-order valence-corrected chi connectivity index (χ4v) is 4.60. The molecule has 2 aliphatic rings. The molecule has 0 spiro atoms. The van der Waals surface area contributed by atoms with Crippen molar-refractivity contribution in [3.8, 4) is 17.1 Å². The highest BCUT2D eigenvalue weighted by Gasteiger charge is 2.35. The number of halogens is 1. The van der Waals surface area contributed by atoms with Crippen molar-refractivity contribution in [2.75, 3.05) is 13.2 Å². The van der Waals surface area contributed by atoms with E-state index in [-0.39, 0.29) is 11.9 Å². The number of carbonyl (C=O) groups is 1. The lowest BCUT2D eigenvalue weighted by molar-refractivity contribution is 0.0726. The summed E-state index contributed by atoms with van der Waals surface area (Å²) in [7, 11) is 1.89. The van der Waals surface area contributed by atoms with Crippen molar-refractivity contribution in [1.82, 2.24) is 19.7 Å². The first kappa shape index (κ1) is 19.1. The fraction of sp³-hybridized carbons (Fsp3) is 0.348. The van der Waals surface area contributed by atoms with Crippen LogP contribution in [0, 0.1) is 6.92 Å². The largest absolute Gasteiger partial charge is 0.489 e. The van der Waals surface area contributed by atoms with Crippen LogP contribution < -0.4 is 4.74 Å². The standard InChI is InChI=1S/C23H23ClN4O2/c1-14-16(10-15-5-6-19(25-12-15)20-7-9-27(2)26-20)11-18-22(21(14)24)30-13-17-4-3-8-28(17)23(18)29/h5-7,9,11-12,17H,3-4,8,10,13H2,1-2H3/t17-/m1/s1. The van der Waals surface area contributed by atoms with Crippen LogP contribution in [0.15, 0.2) is 36.7 Å². The Hall–Kier alpha value is -2.86. The molecule has 30 heavy (non-hydrogen) atoms. The van der Waals surface area contributed by atoms with Crippen LogP contribution in [0.25, 0.3) is 11.4 Å². The molecular weight excluding hydrogens is 400 g/mol. The second-order valence-corrected chi connectivity index (χ2v) is 8.44. The molecule has 0 unspecified atom stereocenters. The summed E-state index contributed by atoms with van der Waals surface area (Å²) in [5.41, 5.74) is 5.26. The third-order valence-electron chi connectivity index (χ3n) is 6.06. The number of amides is 1. The number of carbonyl (C=O) groups excluding carboxylic acids is 1. The molecule has 1 fully saturated rings. The fourth-order valence-electron chi connectivity index (χ4n) is 4.32. The molecule has 3 aromatic rings. The predicted octanol–water partition coefficient (Wildman–Crippen LogP) is 4.03. The summed E-state index contributed by atoms with van der Waals surface area (Å²) in [6.45, 7) is 3.27. The smallest absolute Gasteiger partial charge is 0.258 e. The Kier molecular flexibility index (Phi) is 4.74. The van der Waals surface area contributed by atoms with E-state index in [9.17, 15) is 4.79 Å². The molecule has 1 aromatic carbocycles. The average molecular weight is 423 g/mol. The minimum Gasteiger partial charge on any atom is -0.489 e. The van der Waals surface area contributed by atoms with Crippen LogP contribution in [0.3, 0.4) is 0 Å². The van der Waals surface area contributed by atoms with Gasteiger partial charge < -0.3 is 9.64 Å². The molecule has 0 bridgehead atoms. The van der Waals surface area contributed by atoms with E-state index in [0.717, 1.165) is 47.5 Å². The van der Waals surface area contributed by atoms with E-state index in [1.807, 2.05) is 55.5 Å². The molecule has 2 aliphatic heterocycles. The van der Waals surface area contributed by atoms with Gasteiger partial charge in [-0.1, -0.05) is 17.7 Å². The van der Waals surface area contributed by atoms with E-state index >= 15 is 0 Å². The third-order valence-corrected chi connectivity index (χ3v) is 6.51. The summed E-state index contributed by atoms with van der Waals surface area (Å²) in [5, 5.41) is 4.93. The minimum absolute atomic E-state index is 0.0248. The first-order valence-electron chi connectivity index (χ1n) is 10.2. The normalized spacial score (nSPS) is 18.0. The van der Waals surface area contributed by atoms with Gasteiger partial charge in [0, 0.05) is 26.0 Å². The first-order chi connectivity index (χ1) is 14.5. The summed E-state index contributed by atoms with van der Waals surface area (Å²) in [5.74, 6) is 0.553. The van der Waals surface area contributed by atoms with Crippen LogP contribution in [0.2, 0.25) is 5.02 Å². The van der Waals surface area contributed by atoms with Crippen molar-refractivity contribution in [1.29, 1.82) is 0 Å². The van der Waals surface area contributed by atoms with Crippen LogP contribution in [-0.2, 0) is 13.5 Å². The summed E-state index contributed by atoms with van der Waals surface area (Å²) in [6, 6.07) is 8.06. The molecule has 1 saturated heterocycles. The molecule has 0 N–H and O–H groups in total. The number of aryl methyl sites for hydroxylation is 1. The number of hydrogen-bond donors (Lipinski definition) is 0. The third kappa shape index (κ3) is 3.25. The van der Waals surface area contributed by atoms with Crippen molar-refractivity contribution >= 4 is 17.5 Å². The number of hydrogen-bond acceptors (Lipinski definition) is 4. The van der Waals surface area contributed by atoms with Crippen LogP contribution in [0.5, 0.6) is 5.75 Å². The molecule has 0 aliphatic carbocycles. The van der Waals surface area contributed by atoms with Crippen LogP contribution in [0.4, 0.5) is 0 Å². The monoisotopic (exact) mass is 422 g/mol. The van der Waals surface area contributed by atoms with Gasteiger partial charge in [-0.15, -0.1) is 0 Å². The Labute approximate surface area is 180 Å². The molecule has 7 heteroatoms. The Morgan fingerprint density at radius 2 is 2.13 bits per heavy atom. The average Bonchev–Trinajstić information content (AvgIpc) is 3.37. The summed E-state index contributed by atoms with van der Waals surface area (Å²) in [4.78, 5) is 19.7. The van der Waals surface area contributed by atoms with Gasteiger partial charge in [-0.2, -0.15) is 5.10 Å². The van der Waals surface area contributed by atoms with Crippen molar-refractivity contribution in [3.63, 3.8) is 0 Å². The van der Waals surface area contributed by atoms with Crippen molar-refractivity contribution < 1.29 is 9.53 Å². The Morgan fingerprint density at radius 1 is 1.27 bits per heavy atom. The Balaban J connectivity index is 1.46. The van der Waals surface area contributed by atoms with Crippen molar-refractivity contribution in [2.45, 2.75) is 32.2 Å². The predicted molar refractivity (Wildman–Crippen MR) is 115 cm³/mol. The quantitative estimate of drug-likeness (QED) is 0.639. The zero-order chi connectivity index (χ0) is 20.8.